The van der Waals surface area contributed by atoms with Crippen LogP contribution in [0.1, 0.15) is 70.6 Å². The van der Waals surface area contributed by atoms with Crippen molar-refractivity contribution >= 4 is 11.8 Å². The molecule has 2 saturated carbocycles. The normalized spacial score (nSPS) is 31.9. The lowest BCUT2D eigenvalue weighted by Crippen LogP contribution is -2.52. The Balaban J connectivity index is 1.32. The van der Waals surface area contributed by atoms with Gasteiger partial charge in [0.2, 0.25) is 11.8 Å². The second kappa shape index (κ2) is 7.65. The molecule has 2 aliphatic heterocycles. The summed E-state index contributed by atoms with van der Waals surface area (Å²) in [5.41, 5.74) is 0. The number of likely N-dealkylation sites (tertiary alicyclic amines) is 2. The molecule has 2 atom stereocenters. The molecule has 1 N–H and O–H groups in total. The van der Waals surface area contributed by atoms with Gasteiger partial charge < -0.3 is 10.2 Å². The van der Waals surface area contributed by atoms with Crippen molar-refractivity contribution in [3.8, 4) is 0 Å². The monoisotopic (exact) mass is 347 g/mol. The minimum atomic E-state index is -0.00426. The fraction of sp³-hybridized carbons (Fsp3) is 0.900. The summed E-state index contributed by atoms with van der Waals surface area (Å²) in [4.78, 5) is 30.2. The Kier molecular flexibility index (Phi) is 5.30. The van der Waals surface area contributed by atoms with Crippen LogP contribution in [0.25, 0.3) is 0 Å². The van der Waals surface area contributed by atoms with E-state index in [0.29, 0.717) is 24.5 Å². The molecule has 2 amide bonds. The van der Waals surface area contributed by atoms with E-state index in [1.165, 1.54) is 32.1 Å². The Morgan fingerprint density at radius 3 is 2.32 bits per heavy atom. The Labute approximate surface area is 151 Å². The smallest absolute Gasteiger partial charge is 0.239 e. The van der Waals surface area contributed by atoms with Crippen molar-refractivity contribution in [2.24, 2.45) is 5.92 Å². The summed E-state index contributed by atoms with van der Waals surface area (Å²) in [5, 5.41) is 3.27. The number of carbonyl (C=O) groups excluding carboxylic acids is 2. The van der Waals surface area contributed by atoms with Gasteiger partial charge in [-0.15, -0.1) is 0 Å². The van der Waals surface area contributed by atoms with Gasteiger partial charge in [-0.05, 0) is 57.9 Å². The van der Waals surface area contributed by atoms with Crippen LogP contribution in [0.5, 0.6) is 0 Å². The third kappa shape index (κ3) is 4.02. The van der Waals surface area contributed by atoms with Gasteiger partial charge in [0.25, 0.3) is 0 Å². The van der Waals surface area contributed by atoms with Crippen LogP contribution in [0.2, 0.25) is 0 Å². The fourth-order valence-corrected chi connectivity index (χ4v) is 5.07. The van der Waals surface area contributed by atoms with Gasteiger partial charge in [-0.3, -0.25) is 14.5 Å². The molecule has 4 aliphatic rings. The number of nitrogens with zero attached hydrogens (tertiary/aromatic N) is 2. The molecule has 0 radical (unpaired) electrons. The third-order valence-corrected chi connectivity index (χ3v) is 6.65. The summed E-state index contributed by atoms with van der Waals surface area (Å²) >= 11 is 0. The van der Waals surface area contributed by atoms with Crippen LogP contribution in [0.4, 0.5) is 0 Å². The summed E-state index contributed by atoms with van der Waals surface area (Å²) in [6.07, 6.45) is 12.6. The second-order valence-corrected chi connectivity index (χ2v) is 8.59. The minimum Gasteiger partial charge on any atom is -0.353 e. The summed E-state index contributed by atoms with van der Waals surface area (Å²) in [5.74, 6) is 0.477. The Bertz CT molecular complexity index is 499. The number of nitrogens with one attached hydrogen (secondary N) is 1. The van der Waals surface area contributed by atoms with E-state index in [1.54, 1.807) is 0 Å². The van der Waals surface area contributed by atoms with Crippen molar-refractivity contribution in [1.82, 2.24) is 15.1 Å². The van der Waals surface area contributed by atoms with E-state index in [9.17, 15) is 9.59 Å². The molecule has 4 fully saturated rings. The van der Waals surface area contributed by atoms with Gasteiger partial charge in [0.05, 0.1) is 12.0 Å². The molecule has 5 nitrogen and oxygen atoms in total. The lowest BCUT2D eigenvalue weighted by Gasteiger charge is -2.36. The summed E-state index contributed by atoms with van der Waals surface area (Å²) in [7, 11) is 0. The number of hydrogen-bond acceptors (Lipinski definition) is 3. The number of carbonyl (C=O) groups is 2. The van der Waals surface area contributed by atoms with E-state index in [0.717, 1.165) is 51.6 Å². The predicted octanol–water partition coefficient (Wildman–Crippen LogP) is 2.30. The zero-order valence-corrected chi connectivity index (χ0v) is 15.4. The molecular formula is C20H33N3O2. The van der Waals surface area contributed by atoms with Crippen LogP contribution < -0.4 is 5.32 Å². The van der Waals surface area contributed by atoms with Crippen molar-refractivity contribution < 1.29 is 9.59 Å². The standard InChI is InChI=1S/C20H33N3O2/c24-19(21-16-7-2-1-3-8-16)15-6-4-12-22(14-15)20(25)18-9-5-13-23(18)17-10-11-17/h15-18H,1-14H2,(H,21,24). The Hall–Kier alpha value is -1.10. The molecule has 25 heavy (non-hydrogen) atoms. The van der Waals surface area contributed by atoms with E-state index in [1.807, 2.05) is 4.90 Å². The largest absolute Gasteiger partial charge is 0.353 e. The highest BCUT2D eigenvalue weighted by Crippen LogP contribution is 2.34. The molecule has 0 aromatic rings. The molecule has 2 unspecified atom stereocenters. The first-order valence-corrected chi connectivity index (χ1v) is 10.6. The second-order valence-electron chi connectivity index (χ2n) is 8.59. The summed E-state index contributed by atoms with van der Waals surface area (Å²) < 4.78 is 0. The first-order valence-electron chi connectivity index (χ1n) is 10.6. The van der Waals surface area contributed by atoms with Crippen LogP contribution in [0.3, 0.4) is 0 Å². The van der Waals surface area contributed by atoms with Crippen molar-refractivity contribution in [2.45, 2.75) is 88.8 Å². The molecule has 140 valence electrons. The molecular weight excluding hydrogens is 314 g/mol. The zero-order chi connectivity index (χ0) is 17.2. The lowest BCUT2D eigenvalue weighted by atomic mass is 9.92. The topological polar surface area (TPSA) is 52.7 Å². The molecule has 0 aromatic carbocycles. The Morgan fingerprint density at radius 1 is 0.800 bits per heavy atom. The van der Waals surface area contributed by atoms with E-state index in [4.69, 9.17) is 0 Å². The highest BCUT2D eigenvalue weighted by atomic mass is 16.2. The van der Waals surface area contributed by atoms with Crippen LogP contribution in [-0.2, 0) is 9.59 Å². The van der Waals surface area contributed by atoms with E-state index >= 15 is 0 Å². The zero-order valence-electron chi connectivity index (χ0n) is 15.4. The summed E-state index contributed by atoms with van der Waals surface area (Å²) in [6.45, 7) is 2.55. The molecule has 5 heteroatoms. The molecule has 0 aromatic heterocycles. The van der Waals surface area contributed by atoms with Gasteiger partial charge in [-0.2, -0.15) is 0 Å². The molecule has 0 bridgehead atoms. The highest BCUT2D eigenvalue weighted by Gasteiger charge is 2.42. The van der Waals surface area contributed by atoms with E-state index in [2.05, 4.69) is 10.2 Å². The van der Waals surface area contributed by atoms with Crippen LogP contribution in [0.15, 0.2) is 0 Å². The van der Waals surface area contributed by atoms with Crippen LogP contribution in [-0.4, -0.2) is 59.4 Å². The average molecular weight is 348 g/mol. The van der Waals surface area contributed by atoms with Crippen LogP contribution >= 0.6 is 0 Å². The van der Waals surface area contributed by atoms with Crippen molar-refractivity contribution in [1.29, 1.82) is 0 Å². The van der Waals surface area contributed by atoms with Crippen molar-refractivity contribution in [3.63, 3.8) is 0 Å². The van der Waals surface area contributed by atoms with Gasteiger partial charge >= 0.3 is 0 Å². The number of rotatable bonds is 4. The molecule has 2 aliphatic carbocycles. The maximum absolute atomic E-state index is 13.1. The fourth-order valence-electron chi connectivity index (χ4n) is 5.07. The quantitative estimate of drug-likeness (QED) is 0.849. The van der Waals surface area contributed by atoms with E-state index in [-0.39, 0.29) is 17.9 Å². The summed E-state index contributed by atoms with van der Waals surface area (Å²) in [6, 6.07) is 1.12. The Morgan fingerprint density at radius 2 is 1.56 bits per heavy atom. The van der Waals surface area contributed by atoms with Gasteiger partial charge in [0, 0.05) is 25.2 Å². The molecule has 4 rings (SSSR count). The van der Waals surface area contributed by atoms with Crippen LogP contribution in [0, 0.1) is 5.92 Å². The maximum Gasteiger partial charge on any atom is 0.239 e. The van der Waals surface area contributed by atoms with Crippen molar-refractivity contribution in [2.75, 3.05) is 19.6 Å². The third-order valence-electron chi connectivity index (χ3n) is 6.65. The van der Waals surface area contributed by atoms with Gasteiger partial charge in [-0.1, -0.05) is 19.3 Å². The maximum atomic E-state index is 13.1. The predicted molar refractivity (Wildman–Crippen MR) is 97.1 cm³/mol. The molecule has 2 heterocycles. The highest BCUT2D eigenvalue weighted by molar-refractivity contribution is 5.84. The van der Waals surface area contributed by atoms with Gasteiger partial charge in [0.1, 0.15) is 0 Å². The van der Waals surface area contributed by atoms with E-state index < -0.39 is 0 Å². The van der Waals surface area contributed by atoms with Gasteiger partial charge in [0.15, 0.2) is 0 Å². The number of hydrogen-bond donors (Lipinski definition) is 1. The lowest BCUT2D eigenvalue weighted by molar-refractivity contribution is -0.140. The first kappa shape index (κ1) is 17.3. The van der Waals surface area contributed by atoms with Gasteiger partial charge in [-0.25, -0.2) is 0 Å². The number of amides is 2. The molecule has 2 saturated heterocycles. The van der Waals surface area contributed by atoms with Crippen molar-refractivity contribution in [3.05, 3.63) is 0 Å². The minimum absolute atomic E-state index is 0.00426. The molecule has 0 spiro atoms. The average Bonchev–Trinajstić information content (AvgIpc) is 3.38. The first-order chi connectivity index (χ1) is 12.2. The number of piperidine rings is 1. The SMILES string of the molecule is O=C(NC1CCCCC1)C1CCCN(C(=O)C2CCCN2C2CC2)C1.